The zero-order valence-electron chi connectivity index (χ0n) is 16.8. The molecule has 2 heterocycles. The number of amides is 1. The molecule has 1 amide bonds. The maximum Gasteiger partial charge on any atom is 0.229 e. The third kappa shape index (κ3) is 4.09. The van der Waals surface area contributed by atoms with Crippen molar-refractivity contribution in [1.29, 1.82) is 0 Å². The molecule has 0 saturated carbocycles. The Morgan fingerprint density at radius 3 is 2.76 bits per heavy atom. The molecule has 8 heteroatoms. The first kappa shape index (κ1) is 20.1. The number of rotatable bonds is 6. The Hall–Kier alpha value is -2.19. The molecule has 1 saturated heterocycles. The van der Waals surface area contributed by atoms with Gasteiger partial charge in [0.2, 0.25) is 15.9 Å². The van der Waals surface area contributed by atoms with Crippen LogP contribution in [-0.4, -0.2) is 47.3 Å². The second kappa shape index (κ2) is 8.28. The van der Waals surface area contributed by atoms with E-state index in [0.717, 1.165) is 42.0 Å². The number of sulfonamides is 1. The van der Waals surface area contributed by atoms with Crippen LogP contribution in [-0.2, 0) is 27.7 Å². The lowest BCUT2D eigenvalue weighted by atomic mass is 9.99. The highest BCUT2D eigenvalue weighted by molar-refractivity contribution is 7.89. The van der Waals surface area contributed by atoms with Crippen LogP contribution < -0.4 is 5.32 Å². The minimum absolute atomic E-state index is 0.117. The number of fused-ring (bicyclic) bond motifs is 1. The van der Waals surface area contributed by atoms with E-state index in [4.69, 9.17) is 5.10 Å². The predicted molar refractivity (Wildman–Crippen MR) is 113 cm³/mol. The number of aryl methyl sites for hydroxylation is 1. The molecular weight excluding hydrogens is 388 g/mol. The Labute approximate surface area is 172 Å². The van der Waals surface area contributed by atoms with Crippen LogP contribution in [0.1, 0.15) is 43.9 Å². The van der Waals surface area contributed by atoms with Crippen molar-refractivity contribution >= 4 is 21.7 Å². The molecule has 1 aliphatic heterocycles. The molecule has 0 unspecified atom stereocenters. The molecule has 0 bridgehead atoms. The van der Waals surface area contributed by atoms with E-state index in [1.165, 1.54) is 4.31 Å². The maximum atomic E-state index is 13.1. The van der Waals surface area contributed by atoms with Crippen LogP contribution in [0, 0.1) is 5.92 Å². The molecule has 1 fully saturated rings. The average molecular weight is 417 g/mol. The number of para-hydroxylation sites is 1. The summed E-state index contributed by atoms with van der Waals surface area (Å²) in [7, 11) is -3.29. The summed E-state index contributed by atoms with van der Waals surface area (Å²) in [5, 5.41) is 7.84. The van der Waals surface area contributed by atoms with Crippen molar-refractivity contribution in [2.75, 3.05) is 24.2 Å². The fourth-order valence-electron chi connectivity index (χ4n) is 4.29. The average Bonchev–Trinajstić information content (AvgIpc) is 3.31. The zero-order chi connectivity index (χ0) is 20.4. The zero-order valence-corrected chi connectivity index (χ0v) is 17.6. The lowest BCUT2D eigenvalue weighted by molar-refractivity contribution is -0.120. The van der Waals surface area contributed by atoms with Gasteiger partial charge in [0.25, 0.3) is 0 Å². The Bertz CT molecular complexity index is 985. The van der Waals surface area contributed by atoms with Crippen LogP contribution in [0.3, 0.4) is 0 Å². The normalized spacial score (nSPS) is 19.8. The fraction of sp³-hybridized carbons (Fsp3) is 0.524. The van der Waals surface area contributed by atoms with E-state index in [9.17, 15) is 13.2 Å². The highest BCUT2D eigenvalue weighted by Crippen LogP contribution is 2.32. The van der Waals surface area contributed by atoms with Crippen LogP contribution in [0.2, 0.25) is 0 Å². The first-order chi connectivity index (χ1) is 14.0. The predicted octanol–water partition coefficient (Wildman–Crippen LogP) is 2.75. The molecule has 1 aromatic heterocycles. The van der Waals surface area contributed by atoms with Crippen molar-refractivity contribution in [3.05, 3.63) is 41.6 Å². The largest absolute Gasteiger partial charge is 0.310 e. The number of anilines is 1. The van der Waals surface area contributed by atoms with E-state index in [0.29, 0.717) is 25.8 Å². The molecule has 4 rings (SSSR count). The van der Waals surface area contributed by atoms with Crippen molar-refractivity contribution in [2.24, 2.45) is 5.92 Å². The lowest BCUT2D eigenvalue weighted by Crippen LogP contribution is -2.44. The van der Waals surface area contributed by atoms with Gasteiger partial charge in [-0.15, -0.1) is 0 Å². The molecule has 1 N–H and O–H groups in total. The van der Waals surface area contributed by atoms with Crippen molar-refractivity contribution in [3.8, 4) is 5.69 Å². The van der Waals surface area contributed by atoms with E-state index < -0.39 is 10.0 Å². The number of carbonyl (C=O) groups excluding carboxylic acids is 1. The summed E-state index contributed by atoms with van der Waals surface area (Å²) in [6.45, 7) is 2.62. The van der Waals surface area contributed by atoms with Crippen molar-refractivity contribution in [1.82, 2.24) is 14.1 Å². The summed E-state index contributed by atoms with van der Waals surface area (Å²) < 4.78 is 28.2. The highest BCUT2D eigenvalue weighted by Gasteiger charge is 2.33. The van der Waals surface area contributed by atoms with Crippen molar-refractivity contribution < 1.29 is 13.2 Å². The summed E-state index contributed by atoms with van der Waals surface area (Å²) in [4.78, 5) is 13.1. The molecule has 1 atom stereocenters. The SMILES string of the molecule is CCCS(=O)(=O)N1CCC[C@H](C(=O)Nc2c3c(nn2-c2ccccc2)CCC3)C1. The van der Waals surface area contributed by atoms with Gasteiger partial charge >= 0.3 is 0 Å². The molecule has 2 aliphatic rings. The number of carbonyl (C=O) groups is 1. The van der Waals surface area contributed by atoms with Gasteiger partial charge in [-0.2, -0.15) is 5.10 Å². The van der Waals surface area contributed by atoms with Gasteiger partial charge in [0.1, 0.15) is 5.82 Å². The summed E-state index contributed by atoms with van der Waals surface area (Å²) >= 11 is 0. The minimum atomic E-state index is -3.29. The number of piperidine rings is 1. The van der Waals surface area contributed by atoms with Gasteiger partial charge in [-0.1, -0.05) is 25.1 Å². The lowest BCUT2D eigenvalue weighted by Gasteiger charge is -2.31. The van der Waals surface area contributed by atoms with Gasteiger partial charge in [-0.3, -0.25) is 4.79 Å². The van der Waals surface area contributed by atoms with Crippen LogP contribution >= 0.6 is 0 Å². The smallest absolute Gasteiger partial charge is 0.229 e. The van der Waals surface area contributed by atoms with Gasteiger partial charge in [-0.25, -0.2) is 17.4 Å². The number of hydrogen-bond donors (Lipinski definition) is 1. The Morgan fingerprint density at radius 1 is 1.21 bits per heavy atom. The van der Waals surface area contributed by atoms with E-state index in [1.54, 1.807) is 0 Å². The van der Waals surface area contributed by atoms with Gasteiger partial charge in [0, 0.05) is 18.7 Å². The number of hydrogen-bond acceptors (Lipinski definition) is 4. The molecule has 0 radical (unpaired) electrons. The van der Waals surface area contributed by atoms with Gasteiger partial charge in [-0.05, 0) is 50.7 Å². The van der Waals surface area contributed by atoms with Crippen LogP contribution in [0.15, 0.2) is 30.3 Å². The number of nitrogens with one attached hydrogen (secondary N) is 1. The molecule has 7 nitrogen and oxygen atoms in total. The topological polar surface area (TPSA) is 84.3 Å². The molecule has 29 heavy (non-hydrogen) atoms. The Morgan fingerprint density at radius 2 is 2.00 bits per heavy atom. The monoisotopic (exact) mass is 416 g/mol. The molecular formula is C21H28N4O3S. The first-order valence-corrected chi connectivity index (χ1v) is 12.1. The third-order valence-electron chi connectivity index (χ3n) is 5.76. The quantitative estimate of drug-likeness (QED) is 0.785. The number of nitrogens with zero attached hydrogens (tertiary/aromatic N) is 3. The second-order valence-electron chi connectivity index (χ2n) is 7.88. The van der Waals surface area contributed by atoms with Crippen LogP contribution in [0.25, 0.3) is 5.69 Å². The Balaban J connectivity index is 1.56. The minimum Gasteiger partial charge on any atom is -0.310 e. The highest BCUT2D eigenvalue weighted by atomic mass is 32.2. The van der Waals surface area contributed by atoms with Crippen molar-refractivity contribution in [3.63, 3.8) is 0 Å². The van der Waals surface area contributed by atoms with Gasteiger partial charge in [0.15, 0.2) is 0 Å². The van der Waals surface area contributed by atoms with E-state index in [2.05, 4.69) is 5.32 Å². The van der Waals surface area contributed by atoms with Crippen LogP contribution in [0.4, 0.5) is 5.82 Å². The number of benzene rings is 1. The Kier molecular flexibility index (Phi) is 5.74. The molecule has 156 valence electrons. The number of aromatic nitrogens is 2. The summed E-state index contributed by atoms with van der Waals surface area (Å²) in [6, 6.07) is 9.79. The van der Waals surface area contributed by atoms with Crippen molar-refractivity contribution in [2.45, 2.75) is 45.4 Å². The summed E-state index contributed by atoms with van der Waals surface area (Å²) in [6.07, 6.45) is 4.85. The first-order valence-electron chi connectivity index (χ1n) is 10.4. The fourth-order valence-corrected chi connectivity index (χ4v) is 5.88. The second-order valence-corrected chi connectivity index (χ2v) is 9.97. The molecule has 0 spiro atoms. The molecule has 1 aromatic carbocycles. The summed E-state index contributed by atoms with van der Waals surface area (Å²) in [5.41, 5.74) is 3.06. The van der Waals surface area contributed by atoms with E-state index in [1.807, 2.05) is 41.9 Å². The summed E-state index contributed by atoms with van der Waals surface area (Å²) in [5.74, 6) is 0.414. The maximum absolute atomic E-state index is 13.1. The van der Waals surface area contributed by atoms with Gasteiger partial charge in [0.05, 0.1) is 23.1 Å². The standard InChI is InChI=1S/C21H28N4O3S/c1-2-14-29(27,28)24-13-7-8-16(15-24)21(26)22-20-18-11-6-12-19(18)23-25(20)17-9-4-3-5-10-17/h3-5,9-10,16H,2,6-8,11-15H2,1H3,(H,22,26)/t16-/m0/s1. The molecule has 2 aromatic rings. The molecule has 1 aliphatic carbocycles. The third-order valence-corrected chi connectivity index (χ3v) is 7.80. The van der Waals surface area contributed by atoms with Gasteiger partial charge < -0.3 is 5.32 Å². The van der Waals surface area contributed by atoms with E-state index >= 15 is 0 Å². The van der Waals surface area contributed by atoms with E-state index in [-0.39, 0.29) is 24.1 Å². The van der Waals surface area contributed by atoms with Crippen LogP contribution in [0.5, 0.6) is 0 Å².